The maximum absolute atomic E-state index is 12.1. The van der Waals surface area contributed by atoms with Crippen molar-refractivity contribution < 1.29 is 37.3 Å². The third kappa shape index (κ3) is 6.31. The van der Waals surface area contributed by atoms with Crippen LogP contribution in [0.25, 0.3) is 0 Å². The molecule has 0 radical (unpaired) electrons. The van der Waals surface area contributed by atoms with Crippen LogP contribution < -0.4 is 0 Å². The summed E-state index contributed by atoms with van der Waals surface area (Å²) in [6.45, 7) is 4.14. The number of halogens is 3. The van der Waals surface area contributed by atoms with E-state index in [-0.39, 0.29) is 18.1 Å². The summed E-state index contributed by atoms with van der Waals surface area (Å²) in [5.41, 5.74) is 0. The molecule has 3 rings (SSSR count). The molecule has 1 N–H and O–H groups in total. The van der Waals surface area contributed by atoms with Crippen molar-refractivity contribution in [2.45, 2.75) is 56.5 Å². The Bertz CT molecular complexity index is 538. The van der Waals surface area contributed by atoms with E-state index in [4.69, 9.17) is 19.4 Å². The Hall–Kier alpha value is -1.39. The standard InChI is InChI=1S/C16H28N2O3.C2HF3O2/c1-17(2)16(19)15-4-3-13-14(21-15)5-8-18(13)11-12-6-9-20-10-7-12;3-2(4,5)1(6)7/h12-15H,3-11H2,1-2H3;(H,6,7)/t13-,14-,15-;/m1./s1. The first-order valence-corrected chi connectivity index (χ1v) is 9.58. The third-order valence-corrected chi connectivity index (χ3v) is 5.45. The molecule has 10 heteroatoms. The second kappa shape index (κ2) is 9.89. The number of hydrogen-bond donors (Lipinski definition) is 1. The van der Waals surface area contributed by atoms with E-state index < -0.39 is 12.1 Å². The fourth-order valence-corrected chi connectivity index (χ4v) is 3.97. The number of likely N-dealkylation sites (N-methyl/N-ethyl adjacent to an activating group) is 1. The lowest BCUT2D eigenvalue weighted by Gasteiger charge is -2.37. The first kappa shape index (κ1) is 22.9. The van der Waals surface area contributed by atoms with Crippen molar-refractivity contribution in [2.75, 3.05) is 40.4 Å². The molecule has 0 saturated carbocycles. The van der Waals surface area contributed by atoms with Gasteiger partial charge in [0.25, 0.3) is 5.91 Å². The molecule has 0 spiro atoms. The van der Waals surface area contributed by atoms with Crippen LogP contribution in [-0.4, -0.2) is 91.6 Å². The summed E-state index contributed by atoms with van der Waals surface area (Å²) in [6.07, 6.45) is 0.371. The Labute approximate surface area is 162 Å². The normalized spacial score (nSPS) is 28.8. The van der Waals surface area contributed by atoms with Crippen molar-refractivity contribution in [1.82, 2.24) is 9.80 Å². The molecule has 3 saturated heterocycles. The van der Waals surface area contributed by atoms with Gasteiger partial charge in [-0.25, -0.2) is 4.79 Å². The van der Waals surface area contributed by atoms with Crippen LogP contribution in [0.3, 0.4) is 0 Å². The van der Waals surface area contributed by atoms with Crippen molar-refractivity contribution in [1.29, 1.82) is 0 Å². The highest BCUT2D eigenvalue weighted by molar-refractivity contribution is 5.80. The number of rotatable bonds is 3. The Morgan fingerprint density at radius 3 is 2.25 bits per heavy atom. The topological polar surface area (TPSA) is 79.3 Å². The minimum atomic E-state index is -5.08. The molecule has 3 aliphatic rings. The second-order valence-electron chi connectivity index (χ2n) is 7.68. The van der Waals surface area contributed by atoms with Crippen molar-refractivity contribution in [3.8, 4) is 0 Å². The predicted molar refractivity (Wildman–Crippen MR) is 93.8 cm³/mol. The summed E-state index contributed by atoms with van der Waals surface area (Å²) >= 11 is 0. The van der Waals surface area contributed by atoms with E-state index in [9.17, 15) is 18.0 Å². The Kier molecular flexibility index (Phi) is 8.08. The van der Waals surface area contributed by atoms with Gasteiger partial charge in [-0.15, -0.1) is 0 Å². The number of fused-ring (bicyclic) bond motifs is 1. The number of carboxylic acids is 1. The number of alkyl halides is 3. The van der Waals surface area contributed by atoms with E-state index in [2.05, 4.69) is 4.90 Å². The highest BCUT2D eigenvalue weighted by Gasteiger charge is 2.42. The molecule has 0 aromatic heterocycles. The number of nitrogens with zero attached hydrogens (tertiary/aromatic N) is 2. The average molecular weight is 410 g/mol. The zero-order valence-corrected chi connectivity index (χ0v) is 16.3. The fourth-order valence-electron chi connectivity index (χ4n) is 3.97. The lowest BCUT2D eigenvalue weighted by molar-refractivity contribution is -0.192. The Morgan fingerprint density at radius 1 is 1.11 bits per heavy atom. The monoisotopic (exact) mass is 410 g/mol. The SMILES string of the molecule is CN(C)C(=O)[C@H]1CC[C@@H]2[C@@H](CCN2CC2CCOCC2)O1.O=C(O)C(F)(F)F. The number of carboxylic acid groups (broad SMARTS) is 1. The second-order valence-corrected chi connectivity index (χ2v) is 7.68. The van der Waals surface area contributed by atoms with E-state index in [1.807, 2.05) is 14.1 Å². The molecule has 3 heterocycles. The first-order chi connectivity index (χ1) is 13.1. The quantitative estimate of drug-likeness (QED) is 0.764. The van der Waals surface area contributed by atoms with Gasteiger partial charge in [0, 0.05) is 46.4 Å². The van der Waals surface area contributed by atoms with Gasteiger partial charge >= 0.3 is 12.1 Å². The molecule has 3 fully saturated rings. The van der Waals surface area contributed by atoms with E-state index >= 15 is 0 Å². The lowest BCUT2D eigenvalue weighted by atomic mass is 9.96. The molecule has 3 aliphatic heterocycles. The highest BCUT2D eigenvalue weighted by atomic mass is 19.4. The molecular weight excluding hydrogens is 381 g/mol. The largest absolute Gasteiger partial charge is 0.490 e. The summed E-state index contributed by atoms with van der Waals surface area (Å²) in [7, 11) is 3.62. The molecule has 3 atom stereocenters. The molecule has 0 unspecified atom stereocenters. The van der Waals surface area contributed by atoms with Crippen molar-refractivity contribution in [2.24, 2.45) is 5.92 Å². The summed E-state index contributed by atoms with van der Waals surface area (Å²) in [5.74, 6) is -1.86. The van der Waals surface area contributed by atoms with Gasteiger partial charge in [0.2, 0.25) is 0 Å². The van der Waals surface area contributed by atoms with E-state index in [1.54, 1.807) is 4.90 Å². The predicted octanol–water partition coefficient (Wildman–Crippen LogP) is 1.76. The van der Waals surface area contributed by atoms with E-state index in [0.717, 1.165) is 44.9 Å². The van der Waals surface area contributed by atoms with Crippen LogP contribution in [0.1, 0.15) is 32.1 Å². The minimum Gasteiger partial charge on any atom is -0.475 e. The molecule has 7 nitrogen and oxygen atoms in total. The molecule has 0 aliphatic carbocycles. The van der Waals surface area contributed by atoms with Gasteiger partial charge in [-0.05, 0) is 38.0 Å². The number of amides is 1. The third-order valence-electron chi connectivity index (χ3n) is 5.45. The number of carbonyl (C=O) groups is 2. The van der Waals surface area contributed by atoms with Crippen LogP contribution in [-0.2, 0) is 19.1 Å². The number of aliphatic carboxylic acids is 1. The van der Waals surface area contributed by atoms with Crippen LogP contribution in [0.15, 0.2) is 0 Å². The van der Waals surface area contributed by atoms with Crippen LogP contribution in [0.5, 0.6) is 0 Å². The molecule has 162 valence electrons. The van der Waals surface area contributed by atoms with E-state index in [0.29, 0.717) is 6.04 Å². The van der Waals surface area contributed by atoms with Gasteiger partial charge in [-0.1, -0.05) is 0 Å². The molecule has 28 heavy (non-hydrogen) atoms. The zero-order chi connectivity index (χ0) is 20.9. The van der Waals surface area contributed by atoms with Crippen molar-refractivity contribution in [3.63, 3.8) is 0 Å². The maximum atomic E-state index is 12.1. The van der Waals surface area contributed by atoms with Crippen LogP contribution in [0, 0.1) is 5.92 Å². The smallest absolute Gasteiger partial charge is 0.475 e. The van der Waals surface area contributed by atoms with Gasteiger partial charge in [0.05, 0.1) is 6.10 Å². The number of ether oxygens (including phenoxy) is 2. The summed E-state index contributed by atoms with van der Waals surface area (Å²) < 4.78 is 43.3. The highest BCUT2D eigenvalue weighted by Crippen LogP contribution is 2.33. The van der Waals surface area contributed by atoms with Gasteiger partial charge < -0.3 is 19.5 Å². The first-order valence-electron chi connectivity index (χ1n) is 9.58. The number of likely N-dealkylation sites (tertiary alicyclic amines) is 1. The average Bonchev–Trinajstić information content (AvgIpc) is 3.03. The fraction of sp³-hybridized carbons (Fsp3) is 0.889. The maximum Gasteiger partial charge on any atom is 0.490 e. The summed E-state index contributed by atoms with van der Waals surface area (Å²) in [4.78, 5) is 25.2. The molecular formula is C18H29F3N2O5. The van der Waals surface area contributed by atoms with Crippen molar-refractivity contribution in [3.05, 3.63) is 0 Å². The van der Waals surface area contributed by atoms with E-state index in [1.165, 1.54) is 19.4 Å². The van der Waals surface area contributed by atoms with Gasteiger partial charge in [0.1, 0.15) is 6.10 Å². The van der Waals surface area contributed by atoms with Gasteiger partial charge in [-0.3, -0.25) is 9.69 Å². The Morgan fingerprint density at radius 2 is 1.71 bits per heavy atom. The molecule has 0 aromatic carbocycles. The van der Waals surface area contributed by atoms with Gasteiger partial charge in [-0.2, -0.15) is 13.2 Å². The van der Waals surface area contributed by atoms with Gasteiger partial charge in [0.15, 0.2) is 0 Å². The lowest BCUT2D eigenvalue weighted by Crippen LogP contribution is -2.48. The molecule has 0 bridgehead atoms. The van der Waals surface area contributed by atoms with Crippen LogP contribution in [0.4, 0.5) is 13.2 Å². The van der Waals surface area contributed by atoms with Crippen molar-refractivity contribution >= 4 is 11.9 Å². The number of carbonyl (C=O) groups excluding carboxylic acids is 1. The van der Waals surface area contributed by atoms with Crippen LogP contribution in [0.2, 0.25) is 0 Å². The molecule has 1 amide bonds. The Balaban J connectivity index is 0.000000345. The van der Waals surface area contributed by atoms with Crippen LogP contribution >= 0.6 is 0 Å². The number of hydrogen-bond acceptors (Lipinski definition) is 5. The zero-order valence-electron chi connectivity index (χ0n) is 16.3. The summed E-state index contributed by atoms with van der Waals surface area (Å²) in [6, 6.07) is 0.527. The molecule has 0 aromatic rings. The minimum absolute atomic E-state index is 0.122. The summed E-state index contributed by atoms with van der Waals surface area (Å²) in [5, 5.41) is 7.12.